The topological polar surface area (TPSA) is 64.6 Å². The van der Waals surface area contributed by atoms with E-state index in [0.29, 0.717) is 35.3 Å². The minimum Gasteiger partial charge on any atom is -0.444 e. The summed E-state index contributed by atoms with van der Waals surface area (Å²) in [5.74, 6) is -0.699. The van der Waals surface area contributed by atoms with Gasteiger partial charge in [-0.3, -0.25) is 0 Å². The molecule has 0 saturated carbocycles. The third-order valence-electron chi connectivity index (χ3n) is 4.45. The summed E-state index contributed by atoms with van der Waals surface area (Å²) in [6.07, 6.45) is -4.88. The maximum absolute atomic E-state index is 13.5. The summed E-state index contributed by atoms with van der Waals surface area (Å²) in [7, 11) is 1.45. The highest BCUT2D eigenvalue weighted by Gasteiger charge is 2.35. The van der Waals surface area contributed by atoms with E-state index in [9.17, 15) is 22.4 Å². The molecule has 0 bridgehead atoms. The number of hydrogen-bond donors (Lipinski definition) is 0. The fraction of sp³-hybridized carbons (Fsp3) is 0.476. The van der Waals surface area contributed by atoms with Crippen LogP contribution in [0.5, 0.6) is 0 Å². The predicted molar refractivity (Wildman–Crippen MR) is 109 cm³/mol. The molecule has 11 heteroatoms. The number of benzene rings is 1. The summed E-state index contributed by atoms with van der Waals surface area (Å²) < 4.78 is 64.4. The van der Waals surface area contributed by atoms with Crippen LogP contribution >= 0.6 is 11.8 Å². The van der Waals surface area contributed by atoms with E-state index in [2.05, 4.69) is 9.97 Å². The van der Waals surface area contributed by atoms with Crippen molar-refractivity contribution in [3.8, 4) is 0 Å². The smallest absolute Gasteiger partial charge is 0.417 e. The zero-order chi connectivity index (χ0) is 23.7. The molecule has 174 valence electrons. The van der Waals surface area contributed by atoms with Gasteiger partial charge >= 0.3 is 12.3 Å². The Morgan fingerprint density at radius 3 is 2.56 bits per heavy atom. The van der Waals surface area contributed by atoms with Crippen molar-refractivity contribution in [2.75, 3.05) is 13.7 Å². The molecule has 1 aromatic heterocycles. The standard InChI is InChI=1S/C21H23F4N3O3S/c1-20(2,3)31-19(29)28-8-7-13-15(10-28)26-17(11-30-4)27-18(13)32-16-6-5-12(22)9-14(16)21(23,24)25/h5-6,9H,7-8,10-11H2,1-4H3. The second-order valence-electron chi connectivity index (χ2n) is 8.20. The molecule has 1 aliphatic rings. The molecule has 0 unspecified atom stereocenters. The Hall–Kier alpha value is -2.40. The van der Waals surface area contributed by atoms with Gasteiger partial charge in [0.1, 0.15) is 23.1 Å². The first-order chi connectivity index (χ1) is 14.9. The number of ether oxygens (including phenoxy) is 2. The van der Waals surface area contributed by atoms with Crippen molar-refractivity contribution < 1.29 is 31.8 Å². The first-order valence-electron chi connectivity index (χ1n) is 9.77. The van der Waals surface area contributed by atoms with E-state index in [1.165, 1.54) is 12.0 Å². The van der Waals surface area contributed by atoms with E-state index in [1.54, 1.807) is 20.8 Å². The van der Waals surface area contributed by atoms with E-state index in [1.807, 2.05) is 0 Å². The molecule has 2 aromatic rings. The van der Waals surface area contributed by atoms with Gasteiger partial charge in [-0.1, -0.05) is 11.8 Å². The number of carbonyl (C=O) groups is 1. The van der Waals surface area contributed by atoms with Crippen molar-refractivity contribution in [1.82, 2.24) is 14.9 Å². The average Bonchev–Trinajstić information content (AvgIpc) is 2.67. The number of rotatable bonds is 4. The highest BCUT2D eigenvalue weighted by molar-refractivity contribution is 7.99. The fourth-order valence-corrected chi connectivity index (χ4v) is 4.25. The van der Waals surface area contributed by atoms with Gasteiger partial charge < -0.3 is 14.4 Å². The molecule has 6 nitrogen and oxygen atoms in total. The van der Waals surface area contributed by atoms with Crippen LogP contribution in [0, 0.1) is 5.82 Å². The Bertz CT molecular complexity index is 1010. The Labute approximate surface area is 187 Å². The largest absolute Gasteiger partial charge is 0.444 e. The van der Waals surface area contributed by atoms with Gasteiger partial charge in [0, 0.05) is 24.1 Å². The van der Waals surface area contributed by atoms with Gasteiger partial charge in [-0.25, -0.2) is 19.2 Å². The molecule has 0 fully saturated rings. The molecule has 1 aliphatic heterocycles. The van der Waals surface area contributed by atoms with Crippen molar-refractivity contribution in [2.24, 2.45) is 0 Å². The van der Waals surface area contributed by atoms with E-state index < -0.39 is 29.3 Å². The van der Waals surface area contributed by atoms with Gasteiger partial charge in [-0.15, -0.1) is 0 Å². The summed E-state index contributed by atoms with van der Waals surface area (Å²) in [5.41, 5.74) is -0.578. The predicted octanol–water partition coefficient (Wildman–Crippen LogP) is 5.23. The average molecular weight is 473 g/mol. The normalized spacial score (nSPS) is 14.3. The number of halogens is 4. The minimum atomic E-state index is -4.72. The van der Waals surface area contributed by atoms with Crippen molar-refractivity contribution in [1.29, 1.82) is 0 Å². The maximum atomic E-state index is 13.5. The molecule has 0 radical (unpaired) electrons. The lowest BCUT2D eigenvalue weighted by atomic mass is 10.1. The summed E-state index contributed by atoms with van der Waals surface area (Å²) >= 11 is 0.796. The second-order valence-corrected chi connectivity index (χ2v) is 9.23. The van der Waals surface area contributed by atoms with E-state index in [4.69, 9.17) is 9.47 Å². The molecule has 2 heterocycles. The molecular formula is C21H23F4N3O3S. The summed E-state index contributed by atoms with van der Waals surface area (Å²) in [4.78, 5) is 22.6. The zero-order valence-corrected chi connectivity index (χ0v) is 18.9. The highest BCUT2D eigenvalue weighted by atomic mass is 32.2. The van der Waals surface area contributed by atoms with Crippen LogP contribution < -0.4 is 0 Å². The van der Waals surface area contributed by atoms with Crippen LogP contribution in [0.3, 0.4) is 0 Å². The molecule has 32 heavy (non-hydrogen) atoms. The minimum absolute atomic E-state index is 0.0445. The number of fused-ring (bicyclic) bond motifs is 1. The Kier molecular flexibility index (Phi) is 6.99. The van der Waals surface area contributed by atoms with Crippen molar-refractivity contribution in [2.45, 2.75) is 62.0 Å². The van der Waals surface area contributed by atoms with Gasteiger partial charge in [0.15, 0.2) is 5.82 Å². The summed E-state index contributed by atoms with van der Waals surface area (Å²) in [5, 5.41) is 0.322. The molecular weight excluding hydrogens is 450 g/mol. The zero-order valence-electron chi connectivity index (χ0n) is 18.0. The van der Waals surface area contributed by atoms with Gasteiger partial charge in [0.2, 0.25) is 0 Å². The van der Waals surface area contributed by atoms with Gasteiger partial charge in [0.05, 0.1) is 17.8 Å². The van der Waals surface area contributed by atoms with E-state index >= 15 is 0 Å². The lowest BCUT2D eigenvalue weighted by Gasteiger charge is -2.31. The second kappa shape index (κ2) is 9.22. The third kappa shape index (κ3) is 5.89. The van der Waals surface area contributed by atoms with Gasteiger partial charge in [-0.05, 0) is 45.4 Å². The maximum Gasteiger partial charge on any atom is 0.417 e. The number of carbonyl (C=O) groups excluding carboxylic acids is 1. The number of alkyl halides is 3. The molecule has 3 rings (SSSR count). The molecule has 0 aliphatic carbocycles. The van der Waals surface area contributed by atoms with Crippen LogP contribution in [0.15, 0.2) is 28.1 Å². The van der Waals surface area contributed by atoms with E-state index in [0.717, 1.165) is 23.9 Å². The number of aromatic nitrogens is 2. The molecule has 0 atom stereocenters. The lowest BCUT2D eigenvalue weighted by molar-refractivity contribution is -0.139. The first-order valence-corrected chi connectivity index (χ1v) is 10.6. The molecule has 0 spiro atoms. The SMILES string of the molecule is COCc1nc2c(c(Sc3ccc(F)cc3C(F)(F)F)n1)CCN(C(=O)OC(C)(C)C)C2. The highest BCUT2D eigenvalue weighted by Crippen LogP contribution is 2.41. The quantitative estimate of drug-likeness (QED) is 0.448. The van der Waals surface area contributed by atoms with Crippen molar-refractivity contribution in [3.63, 3.8) is 0 Å². The van der Waals surface area contributed by atoms with Gasteiger partial charge in [-0.2, -0.15) is 13.2 Å². The Morgan fingerprint density at radius 2 is 1.94 bits per heavy atom. The van der Waals surface area contributed by atoms with E-state index in [-0.39, 0.29) is 23.9 Å². The Balaban J connectivity index is 1.97. The van der Waals surface area contributed by atoms with Crippen molar-refractivity contribution >= 4 is 17.9 Å². The lowest BCUT2D eigenvalue weighted by Crippen LogP contribution is -2.40. The molecule has 1 aromatic carbocycles. The van der Waals surface area contributed by atoms with Crippen LogP contribution in [0.1, 0.15) is 43.4 Å². The van der Waals surface area contributed by atoms with Crippen LogP contribution in [-0.2, 0) is 35.2 Å². The summed E-state index contributed by atoms with van der Waals surface area (Å²) in [6.45, 7) is 5.76. The monoisotopic (exact) mass is 473 g/mol. The third-order valence-corrected chi connectivity index (χ3v) is 5.56. The number of nitrogens with zero attached hydrogens (tertiary/aromatic N) is 3. The number of amides is 1. The molecule has 1 amide bonds. The van der Waals surface area contributed by atoms with Crippen LogP contribution in [-0.4, -0.2) is 40.2 Å². The Morgan fingerprint density at radius 1 is 1.22 bits per heavy atom. The van der Waals surface area contributed by atoms with Crippen molar-refractivity contribution in [3.05, 3.63) is 46.7 Å². The number of methoxy groups -OCH3 is 1. The molecule has 0 saturated heterocycles. The van der Waals surface area contributed by atoms with Crippen LogP contribution in [0.2, 0.25) is 0 Å². The van der Waals surface area contributed by atoms with Crippen LogP contribution in [0.25, 0.3) is 0 Å². The molecule has 0 N–H and O–H groups in total. The van der Waals surface area contributed by atoms with Gasteiger partial charge in [0.25, 0.3) is 0 Å². The first kappa shape index (κ1) is 24.2. The fourth-order valence-electron chi connectivity index (χ4n) is 3.12. The summed E-state index contributed by atoms with van der Waals surface area (Å²) in [6, 6.07) is 2.53. The number of hydrogen-bond acceptors (Lipinski definition) is 6. The van der Waals surface area contributed by atoms with Crippen LogP contribution in [0.4, 0.5) is 22.4 Å².